The fraction of sp³-hybridized carbons (Fsp3) is 0.350. The summed E-state index contributed by atoms with van der Waals surface area (Å²) in [6, 6.07) is 10.5. The van der Waals surface area contributed by atoms with Gasteiger partial charge in [0.15, 0.2) is 0 Å². The molecule has 2 N–H and O–H groups in total. The molecule has 1 amide bonds. The smallest absolute Gasteiger partial charge is 0.227 e. The van der Waals surface area contributed by atoms with Gasteiger partial charge in [-0.2, -0.15) is 0 Å². The molecule has 1 aliphatic rings. The molecule has 0 bridgehead atoms. The molecule has 2 aromatic carbocycles. The fourth-order valence-electron chi connectivity index (χ4n) is 3.31. The van der Waals surface area contributed by atoms with Crippen LogP contribution in [0, 0.1) is 20.8 Å². The molecule has 23 heavy (non-hydrogen) atoms. The van der Waals surface area contributed by atoms with E-state index in [-0.39, 0.29) is 5.91 Å². The van der Waals surface area contributed by atoms with Gasteiger partial charge in [-0.1, -0.05) is 29.8 Å². The normalized spacial score (nSPS) is 14.6. The molecular weight excluding hydrogens is 284 g/mol. The molecule has 0 spiro atoms. The Morgan fingerprint density at radius 2 is 1.78 bits per heavy atom. The number of hydrogen-bond acceptors (Lipinski definition) is 2. The fourth-order valence-corrected chi connectivity index (χ4v) is 3.31. The van der Waals surface area contributed by atoms with Gasteiger partial charge in [-0.3, -0.25) is 4.79 Å². The van der Waals surface area contributed by atoms with Crippen LogP contribution in [0.3, 0.4) is 0 Å². The maximum absolute atomic E-state index is 12.7. The van der Waals surface area contributed by atoms with E-state index in [1.165, 1.54) is 11.1 Å². The van der Waals surface area contributed by atoms with Crippen molar-refractivity contribution in [3.8, 4) is 0 Å². The number of carbonyl (C=O) groups is 1. The average molecular weight is 308 g/mol. The number of nitrogens with two attached hydrogens (primary N) is 1. The second kappa shape index (κ2) is 6.07. The molecule has 1 heterocycles. The summed E-state index contributed by atoms with van der Waals surface area (Å²) in [5.41, 5.74) is 13.9. The van der Waals surface area contributed by atoms with Crippen molar-refractivity contribution in [2.45, 2.75) is 46.6 Å². The molecule has 3 heteroatoms. The van der Waals surface area contributed by atoms with Gasteiger partial charge in [-0.25, -0.2) is 0 Å². The largest absolute Gasteiger partial charge is 0.398 e. The number of carbonyl (C=O) groups excluding carboxylic acids is 1. The standard InChI is InChI=1S/C20H24N2O/c1-13-7-9-16(10-8-13)12-22-18-11-14(2)20(21)15(3)17(18)5-4-6-19(22)23/h7-11H,4-6,12,21H2,1-3H3. The first-order chi connectivity index (χ1) is 11.0. The maximum atomic E-state index is 12.7. The number of aryl methyl sites for hydroxylation is 2. The van der Waals surface area contributed by atoms with Crippen LogP contribution in [0.4, 0.5) is 11.4 Å². The molecule has 1 aliphatic heterocycles. The van der Waals surface area contributed by atoms with E-state index in [9.17, 15) is 4.79 Å². The summed E-state index contributed by atoms with van der Waals surface area (Å²) in [7, 11) is 0. The van der Waals surface area contributed by atoms with Crippen molar-refractivity contribution in [2.75, 3.05) is 10.6 Å². The molecule has 0 saturated heterocycles. The molecule has 3 nitrogen and oxygen atoms in total. The SMILES string of the molecule is Cc1ccc(CN2C(=O)CCCc3c2cc(C)c(N)c3C)cc1. The highest BCUT2D eigenvalue weighted by Crippen LogP contribution is 2.35. The van der Waals surface area contributed by atoms with Crippen LogP contribution < -0.4 is 10.6 Å². The minimum absolute atomic E-state index is 0.202. The van der Waals surface area contributed by atoms with Crippen LogP contribution >= 0.6 is 0 Å². The van der Waals surface area contributed by atoms with Gasteiger partial charge in [-0.15, -0.1) is 0 Å². The maximum Gasteiger partial charge on any atom is 0.227 e. The number of nitrogen functional groups attached to an aromatic ring is 1. The summed E-state index contributed by atoms with van der Waals surface area (Å²) in [4.78, 5) is 14.6. The molecule has 0 fully saturated rings. The minimum Gasteiger partial charge on any atom is -0.398 e. The lowest BCUT2D eigenvalue weighted by molar-refractivity contribution is -0.118. The van der Waals surface area contributed by atoms with Crippen molar-refractivity contribution >= 4 is 17.3 Å². The predicted molar refractivity (Wildman–Crippen MR) is 95.6 cm³/mol. The van der Waals surface area contributed by atoms with E-state index in [1.54, 1.807) is 0 Å². The quantitative estimate of drug-likeness (QED) is 0.850. The Kier molecular flexibility index (Phi) is 4.12. The van der Waals surface area contributed by atoms with Gasteiger partial charge in [0.05, 0.1) is 6.54 Å². The first kappa shape index (κ1) is 15.6. The topological polar surface area (TPSA) is 46.3 Å². The van der Waals surface area contributed by atoms with Crippen molar-refractivity contribution < 1.29 is 4.79 Å². The molecule has 3 rings (SSSR count). The van der Waals surface area contributed by atoms with Crippen molar-refractivity contribution in [1.82, 2.24) is 0 Å². The number of benzene rings is 2. The van der Waals surface area contributed by atoms with Crippen LogP contribution in [-0.2, 0) is 17.8 Å². The van der Waals surface area contributed by atoms with Gasteiger partial charge in [-0.05, 0) is 61.9 Å². The van der Waals surface area contributed by atoms with Gasteiger partial charge < -0.3 is 10.6 Å². The Balaban J connectivity index is 2.05. The van der Waals surface area contributed by atoms with Gasteiger partial charge >= 0.3 is 0 Å². The van der Waals surface area contributed by atoms with Crippen LogP contribution in [0.5, 0.6) is 0 Å². The van der Waals surface area contributed by atoms with Gasteiger partial charge in [0, 0.05) is 17.8 Å². The summed E-state index contributed by atoms with van der Waals surface area (Å²) >= 11 is 0. The van der Waals surface area contributed by atoms with E-state index in [0.717, 1.165) is 40.9 Å². The predicted octanol–water partition coefficient (Wildman–Crippen LogP) is 4.06. The van der Waals surface area contributed by atoms with E-state index in [1.807, 2.05) is 11.8 Å². The number of hydrogen-bond donors (Lipinski definition) is 1. The molecule has 0 atom stereocenters. The molecule has 0 radical (unpaired) electrons. The summed E-state index contributed by atoms with van der Waals surface area (Å²) in [5, 5.41) is 0. The highest BCUT2D eigenvalue weighted by molar-refractivity contribution is 5.95. The molecule has 120 valence electrons. The lowest BCUT2D eigenvalue weighted by Gasteiger charge is -2.25. The lowest BCUT2D eigenvalue weighted by atomic mass is 9.97. The van der Waals surface area contributed by atoms with Crippen molar-refractivity contribution in [3.63, 3.8) is 0 Å². The lowest BCUT2D eigenvalue weighted by Crippen LogP contribution is -2.30. The molecule has 0 aliphatic carbocycles. The zero-order valence-corrected chi connectivity index (χ0v) is 14.1. The Labute approximate surface area is 138 Å². The van der Waals surface area contributed by atoms with Gasteiger partial charge in [0.2, 0.25) is 5.91 Å². The Hall–Kier alpha value is -2.29. The third kappa shape index (κ3) is 2.96. The van der Waals surface area contributed by atoms with E-state index >= 15 is 0 Å². The van der Waals surface area contributed by atoms with Crippen molar-refractivity contribution in [3.05, 3.63) is 58.1 Å². The Morgan fingerprint density at radius 1 is 1.09 bits per heavy atom. The third-order valence-electron chi connectivity index (χ3n) is 4.81. The van der Waals surface area contributed by atoms with Crippen LogP contribution in [0.2, 0.25) is 0 Å². The van der Waals surface area contributed by atoms with Crippen molar-refractivity contribution in [1.29, 1.82) is 0 Å². The van der Waals surface area contributed by atoms with Gasteiger partial charge in [0.25, 0.3) is 0 Å². The molecule has 2 aromatic rings. The molecule has 0 unspecified atom stereocenters. The number of rotatable bonds is 2. The average Bonchev–Trinajstić information content (AvgIpc) is 2.68. The second-order valence-electron chi connectivity index (χ2n) is 6.55. The van der Waals surface area contributed by atoms with E-state index in [4.69, 9.17) is 5.73 Å². The number of fused-ring (bicyclic) bond motifs is 1. The Morgan fingerprint density at radius 3 is 2.48 bits per heavy atom. The third-order valence-corrected chi connectivity index (χ3v) is 4.81. The van der Waals surface area contributed by atoms with Crippen LogP contribution in [-0.4, -0.2) is 5.91 Å². The minimum atomic E-state index is 0.202. The van der Waals surface area contributed by atoms with Gasteiger partial charge in [0.1, 0.15) is 0 Å². The van der Waals surface area contributed by atoms with E-state index in [0.29, 0.717) is 13.0 Å². The van der Waals surface area contributed by atoms with E-state index < -0.39 is 0 Å². The monoisotopic (exact) mass is 308 g/mol. The first-order valence-electron chi connectivity index (χ1n) is 8.22. The van der Waals surface area contributed by atoms with Crippen LogP contribution in [0.25, 0.3) is 0 Å². The molecule has 0 aromatic heterocycles. The summed E-state index contributed by atoms with van der Waals surface area (Å²) in [6.07, 6.45) is 2.40. The zero-order chi connectivity index (χ0) is 16.6. The highest BCUT2D eigenvalue weighted by Gasteiger charge is 2.25. The van der Waals surface area contributed by atoms with Crippen molar-refractivity contribution in [2.24, 2.45) is 0 Å². The van der Waals surface area contributed by atoms with Crippen LogP contribution in [0.15, 0.2) is 30.3 Å². The van der Waals surface area contributed by atoms with E-state index in [2.05, 4.69) is 44.2 Å². The number of nitrogens with zero attached hydrogens (tertiary/aromatic N) is 1. The first-order valence-corrected chi connectivity index (χ1v) is 8.22. The summed E-state index contributed by atoms with van der Waals surface area (Å²) < 4.78 is 0. The van der Waals surface area contributed by atoms with Crippen LogP contribution in [0.1, 0.15) is 40.7 Å². The zero-order valence-electron chi connectivity index (χ0n) is 14.1. The number of amides is 1. The summed E-state index contributed by atoms with van der Waals surface area (Å²) in [5.74, 6) is 0.202. The highest BCUT2D eigenvalue weighted by atomic mass is 16.2. The number of anilines is 2. The summed E-state index contributed by atoms with van der Waals surface area (Å²) in [6.45, 7) is 6.78. The Bertz CT molecular complexity index is 747. The molecular formula is C20H24N2O. The second-order valence-corrected chi connectivity index (χ2v) is 6.55. The molecule has 0 saturated carbocycles.